The molecule has 3 aromatic rings. The van der Waals surface area contributed by atoms with Gasteiger partial charge in [0.2, 0.25) is 11.8 Å². The third-order valence-electron chi connectivity index (χ3n) is 4.26. The fourth-order valence-corrected chi connectivity index (χ4v) is 3.27. The van der Waals surface area contributed by atoms with Gasteiger partial charge in [-0.25, -0.2) is 0 Å². The average molecular weight is 382 g/mol. The maximum atomic E-state index is 12.2. The summed E-state index contributed by atoms with van der Waals surface area (Å²) in [5.74, 6) is 0.626. The number of nitrogens with one attached hydrogen (secondary N) is 1. The van der Waals surface area contributed by atoms with Crippen LogP contribution in [0, 0.1) is 6.92 Å². The molecule has 0 unspecified atom stereocenters. The number of nitrogens with zero attached hydrogens (tertiary/aromatic N) is 2. The predicted molar refractivity (Wildman–Crippen MR) is 108 cm³/mol. The third kappa shape index (κ3) is 5.20. The minimum absolute atomic E-state index is 0.0467. The van der Waals surface area contributed by atoms with Crippen LogP contribution in [-0.4, -0.2) is 21.9 Å². The number of amides is 1. The number of hydrogen-bond donors (Lipinski definition) is 1. The molecule has 0 aliphatic heterocycles. The summed E-state index contributed by atoms with van der Waals surface area (Å²) in [5, 5.41) is 11.5. The Labute approximate surface area is 163 Å². The molecule has 140 valence electrons. The third-order valence-corrected chi connectivity index (χ3v) is 5.08. The van der Waals surface area contributed by atoms with Crippen molar-refractivity contribution in [2.24, 2.45) is 0 Å². The van der Waals surface area contributed by atoms with Crippen molar-refractivity contribution in [2.75, 3.05) is 5.75 Å². The number of aromatic nitrogens is 2. The second-order valence-electron chi connectivity index (χ2n) is 6.42. The molecule has 0 aliphatic rings. The van der Waals surface area contributed by atoms with Crippen molar-refractivity contribution in [2.45, 2.75) is 38.5 Å². The Morgan fingerprint density at radius 3 is 2.67 bits per heavy atom. The fraction of sp³-hybridized carbons (Fsp3) is 0.286. The fourth-order valence-electron chi connectivity index (χ4n) is 2.70. The van der Waals surface area contributed by atoms with Crippen molar-refractivity contribution in [3.05, 3.63) is 65.2 Å². The number of thioether (sulfide) groups is 1. The van der Waals surface area contributed by atoms with Crippen LogP contribution in [0.4, 0.5) is 0 Å². The summed E-state index contributed by atoms with van der Waals surface area (Å²) in [6, 6.07) is 16.1. The van der Waals surface area contributed by atoms with Gasteiger partial charge in [0, 0.05) is 5.56 Å². The largest absolute Gasteiger partial charge is 0.411 e. The smallest absolute Gasteiger partial charge is 0.277 e. The van der Waals surface area contributed by atoms with Gasteiger partial charge in [0.05, 0.1) is 11.8 Å². The molecule has 0 spiro atoms. The zero-order valence-corrected chi connectivity index (χ0v) is 16.5. The molecule has 0 radical (unpaired) electrons. The van der Waals surface area contributed by atoms with E-state index in [1.165, 1.54) is 17.3 Å². The highest BCUT2D eigenvalue weighted by Crippen LogP contribution is 2.24. The first-order valence-electron chi connectivity index (χ1n) is 8.96. The van der Waals surface area contributed by atoms with E-state index >= 15 is 0 Å². The lowest BCUT2D eigenvalue weighted by Crippen LogP contribution is -2.28. The molecule has 0 saturated heterocycles. The zero-order chi connectivity index (χ0) is 19.2. The molecule has 0 fully saturated rings. The molecule has 1 heterocycles. The van der Waals surface area contributed by atoms with E-state index in [4.69, 9.17) is 4.42 Å². The summed E-state index contributed by atoms with van der Waals surface area (Å²) in [7, 11) is 0. The molecule has 0 bridgehead atoms. The Morgan fingerprint density at radius 1 is 1.19 bits per heavy atom. The number of benzene rings is 2. The number of hydrogen-bond acceptors (Lipinski definition) is 5. The lowest BCUT2D eigenvalue weighted by atomic mass is 10.1. The lowest BCUT2D eigenvalue weighted by molar-refractivity contribution is -0.119. The Morgan fingerprint density at radius 2 is 1.96 bits per heavy atom. The molecular weight excluding hydrogens is 358 g/mol. The molecule has 1 atom stereocenters. The highest BCUT2D eigenvalue weighted by molar-refractivity contribution is 7.99. The van der Waals surface area contributed by atoms with Gasteiger partial charge in [-0.1, -0.05) is 60.6 Å². The van der Waals surface area contributed by atoms with E-state index < -0.39 is 0 Å². The van der Waals surface area contributed by atoms with Gasteiger partial charge < -0.3 is 9.73 Å². The van der Waals surface area contributed by atoms with Gasteiger partial charge in [-0.2, -0.15) is 0 Å². The van der Waals surface area contributed by atoms with Crippen molar-refractivity contribution in [1.29, 1.82) is 0 Å². The molecule has 1 N–H and O–H groups in total. The van der Waals surface area contributed by atoms with Crippen LogP contribution in [0.5, 0.6) is 0 Å². The van der Waals surface area contributed by atoms with E-state index in [0.29, 0.717) is 11.1 Å². The van der Waals surface area contributed by atoms with E-state index in [1.54, 1.807) is 0 Å². The first-order valence-corrected chi connectivity index (χ1v) is 9.95. The van der Waals surface area contributed by atoms with Gasteiger partial charge in [0.25, 0.3) is 5.22 Å². The molecule has 5 nitrogen and oxygen atoms in total. The number of rotatable bonds is 7. The molecule has 1 amide bonds. The van der Waals surface area contributed by atoms with Crippen LogP contribution in [0.3, 0.4) is 0 Å². The SMILES string of the molecule is CCc1ccc([C@H](C)NC(=O)CSc2nnc(-c3cccc(C)c3)o2)cc1. The Kier molecular flexibility index (Phi) is 6.29. The summed E-state index contributed by atoms with van der Waals surface area (Å²) >= 11 is 1.24. The van der Waals surface area contributed by atoms with Crippen LogP contribution in [-0.2, 0) is 11.2 Å². The summed E-state index contributed by atoms with van der Waals surface area (Å²) in [5.41, 5.74) is 4.38. The number of carbonyl (C=O) groups is 1. The topological polar surface area (TPSA) is 68.0 Å². The minimum atomic E-state index is -0.0672. The molecular formula is C21H23N3O2S. The quantitative estimate of drug-likeness (QED) is 0.607. The molecule has 27 heavy (non-hydrogen) atoms. The van der Waals surface area contributed by atoms with Crippen molar-refractivity contribution >= 4 is 17.7 Å². The second kappa shape index (κ2) is 8.86. The van der Waals surface area contributed by atoms with Crippen LogP contribution in [0.2, 0.25) is 0 Å². The van der Waals surface area contributed by atoms with Crippen LogP contribution in [0.25, 0.3) is 11.5 Å². The molecule has 2 aromatic carbocycles. The second-order valence-corrected chi connectivity index (χ2v) is 7.34. The van der Waals surface area contributed by atoms with E-state index in [1.807, 2.05) is 38.1 Å². The van der Waals surface area contributed by atoms with Crippen molar-refractivity contribution in [3.8, 4) is 11.5 Å². The Bertz CT molecular complexity index is 906. The van der Waals surface area contributed by atoms with Gasteiger partial charge in [0.15, 0.2) is 0 Å². The van der Waals surface area contributed by atoms with E-state index in [9.17, 15) is 4.79 Å². The molecule has 1 aromatic heterocycles. The molecule has 6 heteroatoms. The first-order chi connectivity index (χ1) is 13.0. The number of aryl methyl sites for hydroxylation is 2. The van der Waals surface area contributed by atoms with Crippen molar-refractivity contribution < 1.29 is 9.21 Å². The molecule has 0 saturated carbocycles. The summed E-state index contributed by atoms with van der Waals surface area (Å²) in [6.07, 6.45) is 1.01. The Balaban J connectivity index is 1.53. The number of carbonyl (C=O) groups excluding carboxylic acids is 1. The standard InChI is InChI=1S/C21H23N3O2S/c1-4-16-8-10-17(11-9-16)15(3)22-19(25)13-27-21-24-23-20(26-21)18-7-5-6-14(2)12-18/h5-12,15H,4,13H2,1-3H3,(H,22,25)/t15-/m0/s1. The molecule has 3 rings (SSSR count). The van der Waals surface area contributed by atoms with Gasteiger partial charge in [-0.15, -0.1) is 10.2 Å². The van der Waals surface area contributed by atoms with Crippen molar-refractivity contribution in [1.82, 2.24) is 15.5 Å². The molecule has 0 aliphatic carbocycles. The van der Waals surface area contributed by atoms with Gasteiger partial charge in [-0.3, -0.25) is 4.79 Å². The average Bonchev–Trinajstić information content (AvgIpc) is 3.15. The lowest BCUT2D eigenvalue weighted by Gasteiger charge is -2.14. The first kappa shape index (κ1) is 19.2. The predicted octanol–water partition coefficient (Wildman–Crippen LogP) is 4.58. The summed E-state index contributed by atoms with van der Waals surface area (Å²) in [4.78, 5) is 12.2. The maximum Gasteiger partial charge on any atom is 0.277 e. The van der Waals surface area contributed by atoms with E-state index in [0.717, 1.165) is 23.1 Å². The van der Waals surface area contributed by atoms with Crippen LogP contribution >= 0.6 is 11.8 Å². The van der Waals surface area contributed by atoms with Crippen LogP contribution in [0.1, 0.15) is 36.6 Å². The zero-order valence-electron chi connectivity index (χ0n) is 15.7. The summed E-state index contributed by atoms with van der Waals surface area (Å²) in [6.45, 7) is 6.11. The van der Waals surface area contributed by atoms with Gasteiger partial charge in [-0.05, 0) is 43.5 Å². The van der Waals surface area contributed by atoms with Gasteiger partial charge >= 0.3 is 0 Å². The summed E-state index contributed by atoms with van der Waals surface area (Å²) < 4.78 is 5.65. The normalized spacial score (nSPS) is 12.0. The van der Waals surface area contributed by atoms with Crippen molar-refractivity contribution in [3.63, 3.8) is 0 Å². The highest BCUT2D eigenvalue weighted by Gasteiger charge is 2.13. The van der Waals surface area contributed by atoms with E-state index in [-0.39, 0.29) is 17.7 Å². The van der Waals surface area contributed by atoms with E-state index in [2.05, 4.69) is 46.7 Å². The highest BCUT2D eigenvalue weighted by atomic mass is 32.2. The van der Waals surface area contributed by atoms with Crippen LogP contribution < -0.4 is 5.32 Å². The minimum Gasteiger partial charge on any atom is -0.411 e. The van der Waals surface area contributed by atoms with Crippen LogP contribution in [0.15, 0.2) is 58.2 Å². The monoisotopic (exact) mass is 381 g/mol. The van der Waals surface area contributed by atoms with Gasteiger partial charge in [0.1, 0.15) is 0 Å². The maximum absolute atomic E-state index is 12.2. The Hall–Kier alpha value is -2.60.